The Morgan fingerprint density at radius 3 is 1.74 bits per heavy atom. The third-order valence-corrected chi connectivity index (χ3v) is 10.4. The molecule has 34 heavy (non-hydrogen) atoms. The quantitative estimate of drug-likeness (QED) is 0.299. The minimum absolute atomic E-state index is 0.269. The average Bonchev–Trinajstić information content (AvgIpc) is 3.24. The molecule has 0 N–H and O–H groups in total. The molecule has 5 rings (SSSR count). The van der Waals surface area contributed by atoms with Crippen LogP contribution in [0.3, 0.4) is 0 Å². The summed E-state index contributed by atoms with van der Waals surface area (Å²) in [5.74, 6) is 0.536. The van der Waals surface area contributed by atoms with E-state index in [2.05, 4.69) is 57.2 Å². The van der Waals surface area contributed by atoms with Crippen molar-refractivity contribution in [2.45, 2.75) is 18.6 Å². The van der Waals surface area contributed by atoms with Gasteiger partial charge in [-0.3, -0.25) is 9.46 Å². The van der Waals surface area contributed by atoms with Crippen LogP contribution < -0.4 is 14.1 Å². The highest BCUT2D eigenvalue weighted by atomic mass is 31.2. The van der Waals surface area contributed by atoms with Crippen LogP contribution in [-0.4, -0.2) is 38.2 Å². The molecule has 1 atom stereocenters. The van der Waals surface area contributed by atoms with Crippen molar-refractivity contribution in [2.75, 3.05) is 42.6 Å². The number of benzene rings is 3. The van der Waals surface area contributed by atoms with Gasteiger partial charge in [0.15, 0.2) is 0 Å². The van der Waals surface area contributed by atoms with E-state index >= 15 is 4.57 Å². The van der Waals surface area contributed by atoms with Crippen molar-refractivity contribution >= 4 is 18.8 Å². The summed E-state index contributed by atoms with van der Waals surface area (Å²) in [6, 6.07) is 28.5. The molecule has 0 saturated carbocycles. The maximum atomic E-state index is 15.7. The van der Waals surface area contributed by atoms with Crippen molar-refractivity contribution in [1.29, 1.82) is 0 Å². The lowest BCUT2D eigenvalue weighted by molar-refractivity contribution is 0.231. The van der Waals surface area contributed by atoms with Crippen LogP contribution in [0.5, 0.6) is 5.75 Å². The van der Waals surface area contributed by atoms with Gasteiger partial charge in [0.05, 0.1) is 7.11 Å². The minimum atomic E-state index is -3.16. The highest BCUT2D eigenvalue weighted by Crippen LogP contribution is 2.70. The second-order valence-electron chi connectivity index (χ2n) is 8.94. The third-order valence-electron chi connectivity index (χ3n) is 6.91. The molecule has 176 valence electrons. The fourth-order valence-corrected chi connectivity index (χ4v) is 8.82. The maximum Gasteiger partial charge on any atom is 0.284 e. The smallest absolute Gasteiger partial charge is 0.284 e. The second-order valence-corrected chi connectivity index (χ2v) is 11.6. The first-order chi connectivity index (χ1) is 16.6. The Labute approximate surface area is 202 Å². The third kappa shape index (κ3) is 4.15. The van der Waals surface area contributed by atoms with Gasteiger partial charge in [0, 0.05) is 37.6 Å². The minimum Gasteiger partial charge on any atom is -0.497 e. The number of piperidine rings is 1. The summed E-state index contributed by atoms with van der Waals surface area (Å²) in [4.78, 5) is 2.41. The van der Waals surface area contributed by atoms with Gasteiger partial charge in [0.2, 0.25) is 0 Å². The second kappa shape index (κ2) is 9.69. The molecular weight excluding hydrogens is 441 g/mol. The SMILES string of the molecule is C=C1CCN(C(c2ccc(OC)cc2)P2(=O)N(c3ccccc3)CCN2c2ccccc2)CC1. The summed E-state index contributed by atoms with van der Waals surface area (Å²) < 4.78 is 25.4. The van der Waals surface area contributed by atoms with Crippen LogP contribution in [0.4, 0.5) is 11.4 Å². The van der Waals surface area contributed by atoms with Gasteiger partial charge in [-0.15, -0.1) is 0 Å². The molecule has 2 aliphatic rings. The van der Waals surface area contributed by atoms with Crippen molar-refractivity contribution in [3.63, 3.8) is 0 Å². The number of para-hydroxylation sites is 2. The fourth-order valence-electron chi connectivity index (χ4n) is 5.14. The number of hydrogen-bond acceptors (Lipinski definition) is 3. The van der Waals surface area contributed by atoms with Gasteiger partial charge < -0.3 is 14.1 Å². The van der Waals surface area contributed by atoms with Crippen molar-refractivity contribution in [1.82, 2.24) is 4.90 Å². The van der Waals surface area contributed by atoms with E-state index in [9.17, 15) is 0 Å². The maximum absolute atomic E-state index is 15.7. The van der Waals surface area contributed by atoms with E-state index in [0.717, 1.165) is 48.6 Å². The first-order valence-corrected chi connectivity index (χ1v) is 13.6. The van der Waals surface area contributed by atoms with Crippen LogP contribution in [0.25, 0.3) is 0 Å². The van der Waals surface area contributed by atoms with Gasteiger partial charge in [0.25, 0.3) is 7.44 Å². The highest BCUT2D eigenvalue weighted by molar-refractivity contribution is 7.67. The summed E-state index contributed by atoms with van der Waals surface area (Å²) in [7, 11) is -1.48. The van der Waals surface area contributed by atoms with E-state index < -0.39 is 7.44 Å². The first-order valence-electron chi connectivity index (χ1n) is 11.9. The van der Waals surface area contributed by atoms with Crippen LogP contribution >= 0.6 is 7.44 Å². The predicted octanol–water partition coefficient (Wildman–Crippen LogP) is 6.57. The largest absolute Gasteiger partial charge is 0.497 e. The number of rotatable bonds is 6. The number of likely N-dealkylation sites (tertiary alicyclic amines) is 1. The number of ether oxygens (including phenoxy) is 1. The van der Waals surface area contributed by atoms with Gasteiger partial charge in [-0.25, -0.2) is 0 Å². The number of hydrogen-bond donors (Lipinski definition) is 0. The lowest BCUT2D eigenvalue weighted by Gasteiger charge is -2.44. The van der Waals surface area contributed by atoms with E-state index in [1.54, 1.807) is 7.11 Å². The summed E-state index contributed by atoms with van der Waals surface area (Å²) in [5.41, 5.74) is 4.34. The summed E-state index contributed by atoms with van der Waals surface area (Å²) in [6.45, 7) is 7.34. The molecule has 3 aromatic rings. The van der Waals surface area contributed by atoms with Crippen molar-refractivity contribution in [2.24, 2.45) is 0 Å². The Balaban J connectivity index is 1.67. The lowest BCUT2D eigenvalue weighted by Crippen LogP contribution is -2.39. The van der Waals surface area contributed by atoms with Gasteiger partial charge in [0.1, 0.15) is 11.5 Å². The van der Waals surface area contributed by atoms with E-state index in [-0.39, 0.29) is 5.78 Å². The molecule has 6 heteroatoms. The topological polar surface area (TPSA) is 36.0 Å². The van der Waals surface area contributed by atoms with Gasteiger partial charge in [-0.1, -0.05) is 60.7 Å². The Hall–Kier alpha value is -3.01. The molecule has 0 aromatic heterocycles. The molecule has 2 saturated heterocycles. The monoisotopic (exact) mass is 473 g/mol. The van der Waals surface area contributed by atoms with Gasteiger partial charge >= 0.3 is 0 Å². The van der Waals surface area contributed by atoms with Crippen molar-refractivity contribution in [3.8, 4) is 5.75 Å². The molecule has 0 bridgehead atoms. The molecule has 3 aromatic carbocycles. The standard InChI is InChI=1S/C28H32N3O2P/c1-23-17-19-29(20-18-23)28(24-13-15-27(33-2)16-14-24)34(32)30(25-9-5-3-6-10-25)21-22-31(34)26-11-7-4-8-12-26/h3-16,28H,1,17-22H2,2H3. The van der Waals surface area contributed by atoms with E-state index in [0.29, 0.717) is 13.1 Å². The molecule has 2 aliphatic heterocycles. The zero-order valence-corrected chi connectivity index (χ0v) is 20.6. The van der Waals surface area contributed by atoms with Crippen LogP contribution in [0, 0.1) is 0 Å². The number of methoxy groups -OCH3 is 1. The van der Waals surface area contributed by atoms with Gasteiger partial charge in [-0.2, -0.15) is 0 Å². The molecule has 0 radical (unpaired) electrons. The molecule has 0 aliphatic carbocycles. The van der Waals surface area contributed by atoms with Crippen LogP contribution in [0.15, 0.2) is 97.1 Å². The normalized spacial score (nSPS) is 19.3. The van der Waals surface area contributed by atoms with E-state index in [1.165, 1.54) is 5.57 Å². The Morgan fingerprint density at radius 1 is 0.765 bits per heavy atom. The van der Waals surface area contributed by atoms with Crippen LogP contribution in [-0.2, 0) is 4.57 Å². The van der Waals surface area contributed by atoms with E-state index in [1.807, 2.05) is 48.5 Å². The van der Waals surface area contributed by atoms with Crippen molar-refractivity contribution < 1.29 is 9.30 Å². The Kier molecular flexibility index (Phi) is 6.49. The first kappa shape index (κ1) is 22.8. The van der Waals surface area contributed by atoms with Crippen LogP contribution in [0.2, 0.25) is 0 Å². The molecule has 5 nitrogen and oxygen atoms in total. The molecule has 0 amide bonds. The molecule has 2 fully saturated rings. The summed E-state index contributed by atoms with van der Waals surface area (Å²) in [5, 5.41) is 0. The Morgan fingerprint density at radius 2 is 1.26 bits per heavy atom. The average molecular weight is 474 g/mol. The zero-order chi connectivity index (χ0) is 23.5. The zero-order valence-electron chi connectivity index (χ0n) is 19.7. The number of nitrogens with zero attached hydrogens (tertiary/aromatic N) is 3. The molecule has 1 unspecified atom stereocenters. The fraction of sp³-hybridized carbons (Fsp3) is 0.286. The van der Waals surface area contributed by atoms with Gasteiger partial charge in [-0.05, 0) is 54.8 Å². The summed E-state index contributed by atoms with van der Waals surface area (Å²) >= 11 is 0. The van der Waals surface area contributed by atoms with Crippen molar-refractivity contribution in [3.05, 3.63) is 103 Å². The summed E-state index contributed by atoms with van der Waals surface area (Å²) in [6.07, 6.45) is 1.87. The predicted molar refractivity (Wildman–Crippen MR) is 141 cm³/mol. The highest BCUT2D eigenvalue weighted by Gasteiger charge is 2.52. The molecule has 2 heterocycles. The molecule has 0 spiro atoms. The van der Waals surface area contributed by atoms with E-state index in [4.69, 9.17) is 4.74 Å². The van der Waals surface area contributed by atoms with Crippen LogP contribution in [0.1, 0.15) is 24.2 Å². The number of anilines is 2. The lowest BCUT2D eigenvalue weighted by atomic mass is 10.1. The Bertz CT molecular complexity index is 1110. The molecular formula is C28H32N3O2P.